The number of hydrogen-bond acceptors (Lipinski definition) is 5. The topological polar surface area (TPSA) is 73.6 Å². The zero-order valence-electron chi connectivity index (χ0n) is 17.3. The van der Waals surface area contributed by atoms with E-state index >= 15 is 0 Å². The van der Waals surface area contributed by atoms with E-state index in [1.807, 2.05) is 0 Å². The second kappa shape index (κ2) is 8.25. The first kappa shape index (κ1) is 22.6. The lowest BCUT2D eigenvalue weighted by molar-refractivity contribution is -0.357. The number of nitrogens with one attached hydrogen (secondary N) is 1. The van der Waals surface area contributed by atoms with Gasteiger partial charge in [-0.2, -0.15) is 0 Å². The minimum Gasteiger partial charge on any atom is -0.368 e. The van der Waals surface area contributed by atoms with E-state index in [0.29, 0.717) is 34.4 Å². The van der Waals surface area contributed by atoms with E-state index in [9.17, 15) is 22.4 Å². The van der Waals surface area contributed by atoms with Crippen LogP contribution in [0.4, 0.5) is 17.6 Å². The van der Waals surface area contributed by atoms with Crippen molar-refractivity contribution in [2.75, 3.05) is 6.61 Å². The smallest absolute Gasteiger partial charge is 0.368 e. The van der Waals surface area contributed by atoms with Gasteiger partial charge in [0.25, 0.3) is 0 Å². The van der Waals surface area contributed by atoms with Crippen LogP contribution >= 0.6 is 11.6 Å². The third kappa shape index (κ3) is 4.61. The average molecular weight is 489 g/mol. The summed E-state index contributed by atoms with van der Waals surface area (Å²) in [5.74, 6) is 0.180. The van der Waals surface area contributed by atoms with Gasteiger partial charge >= 0.3 is 6.36 Å². The van der Waals surface area contributed by atoms with Gasteiger partial charge in [0.05, 0.1) is 12.2 Å². The fraction of sp³-hybridized carbons (Fsp3) is 0.545. The fourth-order valence-corrected chi connectivity index (χ4v) is 5.34. The number of carbonyl (C=O) groups is 1. The summed E-state index contributed by atoms with van der Waals surface area (Å²) in [5.41, 5.74) is 0.458. The van der Waals surface area contributed by atoms with E-state index < -0.39 is 24.4 Å². The highest BCUT2D eigenvalue weighted by Crippen LogP contribution is 2.60. The van der Waals surface area contributed by atoms with Crippen molar-refractivity contribution in [1.82, 2.24) is 10.5 Å². The highest BCUT2D eigenvalue weighted by atomic mass is 35.5. The Balaban J connectivity index is 1.11. The van der Waals surface area contributed by atoms with Crippen molar-refractivity contribution >= 4 is 17.5 Å². The lowest BCUT2D eigenvalue weighted by atomic mass is 9.68. The summed E-state index contributed by atoms with van der Waals surface area (Å²) in [4.78, 5) is 12.3. The van der Waals surface area contributed by atoms with Gasteiger partial charge in [0.1, 0.15) is 23.9 Å². The SMILES string of the molecule is O=C(CO[C@H]1C[C@@H](OC(F)(F)F)C1)NC1CC2(c3cc(-c4ccc(Cl)cc4F)no3)CC1C2. The Bertz CT molecular complexity index is 1050. The first-order chi connectivity index (χ1) is 15.6. The molecule has 0 radical (unpaired) electrons. The number of carbonyl (C=O) groups excluding carboxylic acids is 1. The van der Waals surface area contributed by atoms with Crippen LogP contribution in [-0.2, 0) is 19.7 Å². The Morgan fingerprint density at radius 1 is 1.21 bits per heavy atom. The summed E-state index contributed by atoms with van der Waals surface area (Å²) in [6, 6.07) is 6.05. The number of aromatic nitrogens is 1. The molecule has 33 heavy (non-hydrogen) atoms. The predicted octanol–water partition coefficient (Wildman–Crippen LogP) is 4.75. The highest BCUT2D eigenvalue weighted by Gasteiger charge is 2.59. The molecule has 4 fully saturated rings. The van der Waals surface area contributed by atoms with Crippen molar-refractivity contribution < 1.29 is 36.4 Å². The molecular formula is C22H21ClF4N2O4. The van der Waals surface area contributed by atoms with Crippen LogP contribution in [0.3, 0.4) is 0 Å². The quantitative estimate of drug-likeness (QED) is 0.569. The van der Waals surface area contributed by atoms with E-state index in [1.54, 1.807) is 18.2 Å². The van der Waals surface area contributed by atoms with Crippen LogP contribution in [0, 0.1) is 11.7 Å². The minimum absolute atomic E-state index is 0.0513. The monoisotopic (exact) mass is 488 g/mol. The molecule has 4 saturated carbocycles. The van der Waals surface area contributed by atoms with E-state index in [0.717, 1.165) is 12.8 Å². The van der Waals surface area contributed by atoms with E-state index in [2.05, 4.69) is 15.2 Å². The molecule has 4 aliphatic carbocycles. The van der Waals surface area contributed by atoms with Crippen LogP contribution in [0.5, 0.6) is 0 Å². The van der Waals surface area contributed by atoms with E-state index in [-0.39, 0.29) is 36.8 Å². The Labute approximate surface area is 191 Å². The molecule has 1 aromatic heterocycles. The number of amides is 1. The number of ether oxygens (including phenoxy) is 2. The van der Waals surface area contributed by atoms with Crippen LogP contribution in [-0.4, -0.2) is 42.3 Å². The van der Waals surface area contributed by atoms with Crippen molar-refractivity contribution in [3.05, 3.63) is 40.9 Å². The minimum atomic E-state index is -4.65. The molecule has 11 heteroatoms. The van der Waals surface area contributed by atoms with Crippen LogP contribution in [0.2, 0.25) is 5.02 Å². The third-order valence-electron chi connectivity index (χ3n) is 6.87. The summed E-state index contributed by atoms with van der Waals surface area (Å²) in [6.45, 7) is -0.206. The molecule has 2 aromatic rings. The molecule has 1 unspecified atom stereocenters. The number of fused-ring (bicyclic) bond motifs is 1. The molecule has 1 atom stereocenters. The van der Waals surface area contributed by atoms with Gasteiger partial charge in [0, 0.05) is 41.0 Å². The standard InChI is InChI=1S/C22H21ClF4N2O4/c23-12-1-2-15(16(24)3-12)17-6-19(33-29-17)21-7-11(8-21)18(9-21)28-20(30)10-31-13-4-14(5-13)32-22(25,26)27/h1-3,6,11,13-14,18H,4-5,7-10H2,(H,28,30)/t11?,13-,14+,18?,21?. The molecule has 1 aromatic carbocycles. The Morgan fingerprint density at radius 3 is 2.67 bits per heavy atom. The second-order valence-corrected chi connectivity index (χ2v) is 9.55. The normalized spacial score (nSPS) is 30.6. The van der Waals surface area contributed by atoms with Crippen LogP contribution < -0.4 is 5.32 Å². The zero-order valence-corrected chi connectivity index (χ0v) is 18.1. The number of rotatable bonds is 7. The molecule has 1 heterocycles. The molecule has 0 saturated heterocycles. The summed E-state index contributed by atoms with van der Waals surface area (Å²) in [6.07, 6.45) is -3.41. The molecule has 1 N–H and O–H groups in total. The first-order valence-electron chi connectivity index (χ1n) is 10.7. The maximum absolute atomic E-state index is 14.2. The predicted molar refractivity (Wildman–Crippen MR) is 108 cm³/mol. The van der Waals surface area contributed by atoms with Crippen LogP contribution in [0.25, 0.3) is 11.3 Å². The largest absolute Gasteiger partial charge is 0.522 e. The second-order valence-electron chi connectivity index (χ2n) is 9.12. The molecular weight excluding hydrogens is 468 g/mol. The number of benzene rings is 1. The molecule has 0 spiro atoms. The van der Waals surface area contributed by atoms with Crippen LogP contribution in [0.15, 0.2) is 28.8 Å². The van der Waals surface area contributed by atoms with Crippen molar-refractivity contribution in [3.8, 4) is 11.3 Å². The maximum atomic E-state index is 14.2. The summed E-state index contributed by atoms with van der Waals surface area (Å²) < 4.78 is 65.5. The highest BCUT2D eigenvalue weighted by molar-refractivity contribution is 6.30. The number of hydrogen-bond donors (Lipinski definition) is 1. The summed E-state index contributed by atoms with van der Waals surface area (Å²) >= 11 is 5.81. The molecule has 6 rings (SSSR count). The Hall–Kier alpha value is -2.17. The van der Waals surface area contributed by atoms with Gasteiger partial charge in [-0.1, -0.05) is 16.8 Å². The van der Waals surface area contributed by atoms with Crippen molar-refractivity contribution in [2.45, 2.75) is 62.1 Å². The Kier molecular flexibility index (Phi) is 5.65. The van der Waals surface area contributed by atoms with E-state index in [1.165, 1.54) is 6.07 Å². The van der Waals surface area contributed by atoms with Gasteiger partial charge in [0.15, 0.2) is 0 Å². The van der Waals surface area contributed by atoms with Crippen molar-refractivity contribution in [2.24, 2.45) is 5.92 Å². The number of nitrogens with zero attached hydrogens (tertiary/aromatic N) is 1. The molecule has 6 nitrogen and oxygen atoms in total. The van der Waals surface area contributed by atoms with Gasteiger partial charge in [0.2, 0.25) is 5.91 Å². The average Bonchev–Trinajstić information content (AvgIpc) is 3.35. The zero-order chi connectivity index (χ0) is 23.4. The van der Waals surface area contributed by atoms with Crippen LogP contribution in [0.1, 0.15) is 37.9 Å². The molecule has 1 amide bonds. The fourth-order valence-electron chi connectivity index (χ4n) is 5.18. The van der Waals surface area contributed by atoms with E-state index in [4.69, 9.17) is 20.9 Å². The van der Waals surface area contributed by atoms with Crippen molar-refractivity contribution in [3.63, 3.8) is 0 Å². The molecule has 2 bridgehead atoms. The molecule has 0 aliphatic heterocycles. The van der Waals surface area contributed by atoms with Crippen molar-refractivity contribution in [1.29, 1.82) is 0 Å². The lowest BCUT2D eigenvalue weighted by Gasteiger charge is -2.36. The van der Waals surface area contributed by atoms with Gasteiger partial charge in [-0.25, -0.2) is 4.39 Å². The summed E-state index contributed by atoms with van der Waals surface area (Å²) in [5, 5.41) is 7.28. The number of halogens is 5. The van der Waals surface area contributed by atoms with Gasteiger partial charge in [-0.15, -0.1) is 13.2 Å². The first-order valence-corrected chi connectivity index (χ1v) is 11.1. The van der Waals surface area contributed by atoms with Gasteiger partial charge < -0.3 is 14.6 Å². The maximum Gasteiger partial charge on any atom is 0.522 e. The molecule has 4 aliphatic rings. The Morgan fingerprint density at radius 2 is 1.97 bits per heavy atom. The third-order valence-corrected chi connectivity index (χ3v) is 7.11. The summed E-state index contributed by atoms with van der Waals surface area (Å²) in [7, 11) is 0. The molecule has 178 valence electrons. The van der Waals surface area contributed by atoms with Gasteiger partial charge in [-0.05, 0) is 43.4 Å². The lowest BCUT2D eigenvalue weighted by Crippen LogP contribution is -2.44. The number of alkyl halides is 3. The van der Waals surface area contributed by atoms with Gasteiger partial charge in [-0.3, -0.25) is 9.53 Å².